The van der Waals surface area contributed by atoms with Crippen LogP contribution in [0.3, 0.4) is 0 Å². The second-order valence-corrected chi connectivity index (χ2v) is 11.2. The van der Waals surface area contributed by atoms with Gasteiger partial charge in [-0.3, -0.25) is 14.3 Å². The largest absolute Gasteiger partial charge is 0.461 e. The minimum absolute atomic E-state index is 0.0395. The molecule has 0 bridgehead atoms. The average molecular weight is 558 g/mol. The molecule has 4 atom stereocenters. The van der Waals surface area contributed by atoms with Crippen LogP contribution in [0.4, 0.5) is 13.2 Å². The van der Waals surface area contributed by atoms with E-state index in [2.05, 4.69) is 5.10 Å². The summed E-state index contributed by atoms with van der Waals surface area (Å²) in [5.74, 6) is -4.56. The number of nitrogens with zero attached hydrogens (tertiary/aromatic N) is 3. The first kappa shape index (κ1) is 27.9. The number of benzene rings is 2. The van der Waals surface area contributed by atoms with Crippen molar-refractivity contribution < 1.29 is 32.5 Å². The van der Waals surface area contributed by atoms with Gasteiger partial charge < -0.3 is 19.5 Å². The zero-order chi connectivity index (χ0) is 28.8. The first-order valence-corrected chi connectivity index (χ1v) is 13.0. The fourth-order valence-electron chi connectivity index (χ4n) is 5.50. The molecule has 1 fully saturated rings. The van der Waals surface area contributed by atoms with Crippen molar-refractivity contribution >= 4 is 5.91 Å². The third-order valence-electron chi connectivity index (χ3n) is 7.44. The van der Waals surface area contributed by atoms with Gasteiger partial charge in [0.05, 0.1) is 18.3 Å². The second kappa shape index (κ2) is 10.7. The molecule has 1 N–H and O–H groups in total. The Morgan fingerprint density at radius 3 is 2.60 bits per heavy atom. The second-order valence-electron chi connectivity index (χ2n) is 11.2. The molecule has 2 aromatic carbocycles. The van der Waals surface area contributed by atoms with Crippen LogP contribution in [0.1, 0.15) is 67.2 Å². The van der Waals surface area contributed by atoms with Gasteiger partial charge in [0.15, 0.2) is 30.4 Å². The Morgan fingerprint density at radius 1 is 1.12 bits per heavy atom. The summed E-state index contributed by atoms with van der Waals surface area (Å²) in [6.07, 6.45) is 0.926. The number of ether oxygens (including phenoxy) is 2. The summed E-state index contributed by atoms with van der Waals surface area (Å²) in [5, 5.41) is 14.5. The Kier molecular flexibility index (Phi) is 7.45. The molecule has 1 saturated heterocycles. The Balaban J connectivity index is 1.67. The van der Waals surface area contributed by atoms with E-state index in [-0.39, 0.29) is 17.0 Å². The van der Waals surface area contributed by atoms with Gasteiger partial charge in [-0.15, -0.1) is 0 Å². The summed E-state index contributed by atoms with van der Waals surface area (Å²) in [7, 11) is 0. The molecule has 8 nitrogen and oxygen atoms in total. The summed E-state index contributed by atoms with van der Waals surface area (Å²) in [6.45, 7) is 5.09. The summed E-state index contributed by atoms with van der Waals surface area (Å²) < 4.78 is 56.6. The molecule has 1 amide bonds. The number of carbonyl (C=O) groups is 1. The van der Waals surface area contributed by atoms with Crippen molar-refractivity contribution in [1.29, 1.82) is 0 Å². The van der Waals surface area contributed by atoms with Crippen molar-refractivity contribution in [3.05, 3.63) is 93.2 Å². The maximum absolute atomic E-state index is 15.4. The van der Waals surface area contributed by atoms with Crippen LogP contribution in [0.2, 0.25) is 0 Å². The van der Waals surface area contributed by atoms with E-state index in [1.165, 1.54) is 35.0 Å². The Labute approximate surface area is 228 Å². The van der Waals surface area contributed by atoms with E-state index in [1.54, 1.807) is 31.7 Å². The Bertz CT molecular complexity index is 1490. The van der Waals surface area contributed by atoms with Gasteiger partial charge in [0, 0.05) is 23.4 Å². The maximum Gasteiger partial charge on any atom is 0.276 e. The normalized spacial score (nSPS) is 20.2. The fraction of sp³-hybridized carbons (Fsp3) is 0.414. The molecular formula is C29H30F3N3O5. The van der Waals surface area contributed by atoms with Crippen molar-refractivity contribution in [2.24, 2.45) is 5.41 Å². The predicted octanol–water partition coefficient (Wildman–Crippen LogP) is 4.37. The van der Waals surface area contributed by atoms with E-state index in [1.807, 2.05) is 0 Å². The minimum Gasteiger partial charge on any atom is -0.461 e. The lowest BCUT2D eigenvalue weighted by molar-refractivity contribution is -0.190. The highest BCUT2D eigenvalue weighted by molar-refractivity contribution is 5.96. The van der Waals surface area contributed by atoms with Gasteiger partial charge in [-0.25, -0.2) is 13.2 Å². The van der Waals surface area contributed by atoms with Crippen LogP contribution >= 0.6 is 0 Å². The highest BCUT2D eigenvalue weighted by atomic mass is 19.2. The number of hydrogen-bond donors (Lipinski definition) is 1. The quantitative estimate of drug-likeness (QED) is 0.434. The van der Waals surface area contributed by atoms with Crippen molar-refractivity contribution in [3.8, 4) is 5.75 Å². The van der Waals surface area contributed by atoms with Gasteiger partial charge in [-0.1, -0.05) is 45.0 Å². The van der Waals surface area contributed by atoms with Crippen LogP contribution in [0.5, 0.6) is 5.75 Å². The lowest BCUT2D eigenvalue weighted by Gasteiger charge is -2.42. The van der Waals surface area contributed by atoms with Crippen LogP contribution < -0.4 is 10.2 Å². The zero-order valence-electron chi connectivity index (χ0n) is 22.3. The van der Waals surface area contributed by atoms with E-state index in [0.717, 1.165) is 12.3 Å². The molecule has 0 spiro atoms. The molecular weight excluding hydrogens is 527 g/mol. The smallest absolute Gasteiger partial charge is 0.276 e. The molecule has 3 aromatic rings. The number of carbonyl (C=O) groups excluding carboxylic acids is 1. The van der Waals surface area contributed by atoms with Crippen molar-refractivity contribution in [1.82, 2.24) is 14.7 Å². The number of aliphatic hydroxyl groups is 1. The van der Waals surface area contributed by atoms with Crippen molar-refractivity contribution in [2.75, 3.05) is 13.3 Å². The standard InChI is InChI=1S/C29H30F3N3O5/c1-29(2,3)28(38)40-15-39-26-21(36)14-33-35-24(20-11-6-12-34(20)27(37)25(26)35)22(16-7-4-8-17(30)13-16)18-9-5-10-19(31)23(18)32/h4-5,7-10,13-14,20,22,24,28,38H,6,11-12,15H2,1-3H3/t20-,22-,24-,28?/m1/s1. The van der Waals surface area contributed by atoms with Crippen LogP contribution in [0, 0.1) is 22.9 Å². The molecule has 0 saturated carbocycles. The summed E-state index contributed by atoms with van der Waals surface area (Å²) >= 11 is 0. The van der Waals surface area contributed by atoms with Gasteiger partial charge in [0.1, 0.15) is 5.82 Å². The van der Waals surface area contributed by atoms with Gasteiger partial charge in [0.25, 0.3) is 5.91 Å². The average Bonchev–Trinajstić information content (AvgIpc) is 3.39. The third kappa shape index (κ3) is 4.99. The minimum atomic E-state index is -1.22. The van der Waals surface area contributed by atoms with Gasteiger partial charge in [-0.2, -0.15) is 5.10 Å². The molecule has 2 aliphatic heterocycles. The molecule has 2 aliphatic rings. The number of fused-ring (bicyclic) bond motifs is 2. The first-order valence-electron chi connectivity index (χ1n) is 13.0. The van der Waals surface area contributed by atoms with Gasteiger partial charge >= 0.3 is 0 Å². The van der Waals surface area contributed by atoms with Crippen molar-refractivity contribution in [3.63, 3.8) is 0 Å². The lowest BCUT2D eigenvalue weighted by Crippen LogP contribution is -2.51. The molecule has 1 unspecified atom stereocenters. The van der Waals surface area contributed by atoms with E-state index >= 15 is 4.39 Å². The number of amides is 1. The molecule has 5 rings (SSSR count). The SMILES string of the molecule is CC(C)(C)C(O)OCOc1c2n(ncc1=O)[C@@H]([C@H](c1cccc(F)c1)c1cccc(F)c1F)[C@H]1CCCN1C2=O. The number of halogens is 3. The zero-order valence-corrected chi connectivity index (χ0v) is 22.3. The highest BCUT2D eigenvalue weighted by Crippen LogP contribution is 2.46. The van der Waals surface area contributed by atoms with E-state index in [0.29, 0.717) is 24.9 Å². The molecule has 1 aromatic heterocycles. The first-order chi connectivity index (χ1) is 19.0. The van der Waals surface area contributed by atoms with E-state index in [4.69, 9.17) is 9.47 Å². The third-order valence-corrected chi connectivity index (χ3v) is 7.44. The molecule has 212 valence electrons. The van der Waals surface area contributed by atoms with Crippen LogP contribution in [-0.2, 0) is 4.74 Å². The number of rotatable bonds is 7. The summed E-state index contributed by atoms with van der Waals surface area (Å²) in [6, 6.07) is 8.01. The Hall–Kier alpha value is -3.70. The van der Waals surface area contributed by atoms with E-state index in [9.17, 15) is 23.5 Å². The topological polar surface area (TPSA) is 93.9 Å². The Morgan fingerprint density at radius 2 is 1.88 bits per heavy atom. The predicted molar refractivity (Wildman–Crippen MR) is 138 cm³/mol. The molecule has 0 radical (unpaired) electrons. The monoisotopic (exact) mass is 557 g/mol. The summed E-state index contributed by atoms with van der Waals surface area (Å²) in [5.41, 5.74) is -1.19. The highest BCUT2D eigenvalue weighted by Gasteiger charge is 2.49. The van der Waals surface area contributed by atoms with Gasteiger partial charge in [-0.05, 0) is 36.6 Å². The number of aromatic nitrogens is 2. The number of hydrogen-bond acceptors (Lipinski definition) is 6. The number of aliphatic hydroxyl groups excluding tert-OH is 1. The van der Waals surface area contributed by atoms with Crippen LogP contribution in [0.15, 0.2) is 53.5 Å². The van der Waals surface area contributed by atoms with Gasteiger partial charge in [0.2, 0.25) is 11.2 Å². The van der Waals surface area contributed by atoms with E-state index < -0.39 is 65.3 Å². The molecule has 40 heavy (non-hydrogen) atoms. The van der Waals surface area contributed by atoms with Crippen LogP contribution in [0.25, 0.3) is 0 Å². The lowest BCUT2D eigenvalue weighted by atomic mass is 9.79. The molecule has 0 aliphatic carbocycles. The van der Waals surface area contributed by atoms with Crippen molar-refractivity contribution in [2.45, 2.75) is 57.9 Å². The summed E-state index contributed by atoms with van der Waals surface area (Å²) in [4.78, 5) is 28.2. The molecule has 3 heterocycles. The molecule has 11 heteroatoms. The van der Waals surface area contributed by atoms with Crippen LogP contribution in [-0.4, -0.2) is 51.4 Å². The maximum atomic E-state index is 15.4. The fourth-order valence-corrected chi connectivity index (χ4v) is 5.50.